The fourth-order valence-electron chi connectivity index (χ4n) is 3.01. The van der Waals surface area contributed by atoms with Crippen molar-refractivity contribution >= 4 is 11.6 Å². The molecule has 1 aromatic heterocycles. The molecule has 0 spiro atoms. The number of furan rings is 1. The van der Waals surface area contributed by atoms with Crippen molar-refractivity contribution in [2.75, 3.05) is 25.3 Å². The van der Waals surface area contributed by atoms with Gasteiger partial charge in [0.2, 0.25) is 6.79 Å². The molecule has 29 heavy (non-hydrogen) atoms. The van der Waals surface area contributed by atoms with Gasteiger partial charge in [-0.05, 0) is 36.4 Å². The molecule has 148 valence electrons. The van der Waals surface area contributed by atoms with Crippen LogP contribution >= 0.6 is 0 Å². The summed E-state index contributed by atoms with van der Waals surface area (Å²) in [7, 11) is 0. The van der Waals surface area contributed by atoms with Gasteiger partial charge in [0, 0.05) is 17.8 Å². The standard InChI is InChI=1S/C21H17NO7/c23-21(22-13-1-4-16-19(9-13)25-8-7-24-16)18-6-3-15(29-18)11-26-14-2-5-17-20(10-14)28-12-27-17/h1-6,9-10H,7-8,11-12H2,(H,22,23). The van der Waals surface area contributed by atoms with Crippen molar-refractivity contribution in [1.82, 2.24) is 0 Å². The molecule has 0 saturated carbocycles. The fraction of sp³-hybridized carbons (Fsp3) is 0.190. The van der Waals surface area contributed by atoms with Gasteiger partial charge in [0.25, 0.3) is 5.91 Å². The topological polar surface area (TPSA) is 88.4 Å². The third-order valence-electron chi connectivity index (χ3n) is 4.41. The molecule has 3 heterocycles. The molecule has 8 heteroatoms. The van der Waals surface area contributed by atoms with E-state index < -0.39 is 0 Å². The van der Waals surface area contributed by atoms with Gasteiger partial charge < -0.3 is 33.4 Å². The first-order valence-electron chi connectivity index (χ1n) is 9.07. The van der Waals surface area contributed by atoms with Crippen molar-refractivity contribution in [1.29, 1.82) is 0 Å². The summed E-state index contributed by atoms with van der Waals surface area (Å²) in [6.45, 7) is 1.38. The van der Waals surface area contributed by atoms with E-state index in [0.29, 0.717) is 53.4 Å². The van der Waals surface area contributed by atoms with Crippen molar-refractivity contribution in [3.8, 4) is 28.7 Å². The maximum Gasteiger partial charge on any atom is 0.291 e. The van der Waals surface area contributed by atoms with Crippen molar-refractivity contribution in [2.24, 2.45) is 0 Å². The highest BCUT2D eigenvalue weighted by atomic mass is 16.7. The molecule has 0 saturated heterocycles. The molecule has 0 fully saturated rings. The second-order valence-electron chi connectivity index (χ2n) is 6.38. The van der Waals surface area contributed by atoms with Gasteiger partial charge in [-0.1, -0.05) is 0 Å². The van der Waals surface area contributed by atoms with Crippen molar-refractivity contribution in [2.45, 2.75) is 6.61 Å². The summed E-state index contributed by atoms with van der Waals surface area (Å²) < 4.78 is 32.9. The van der Waals surface area contributed by atoms with E-state index in [1.165, 1.54) is 0 Å². The zero-order chi connectivity index (χ0) is 19.6. The number of hydrogen-bond donors (Lipinski definition) is 1. The third-order valence-corrected chi connectivity index (χ3v) is 4.41. The number of anilines is 1. The molecule has 3 aromatic rings. The first-order valence-corrected chi connectivity index (χ1v) is 9.07. The number of rotatable bonds is 5. The van der Waals surface area contributed by atoms with Gasteiger partial charge in [-0.3, -0.25) is 4.79 Å². The van der Waals surface area contributed by atoms with Gasteiger partial charge in [-0.2, -0.15) is 0 Å². The predicted octanol–water partition coefficient (Wildman–Crippen LogP) is 3.61. The second-order valence-corrected chi connectivity index (χ2v) is 6.38. The van der Waals surface area contributed by atoms with Crippen LogP contribution in [0.25, 0.3) is 0 Å². The summed E-state index contributed by atoms with van der Waals surface area (Å²) in [6.07, 6.45) is 0. The Kier molecular flexibility index (Phi) is 4.36. The molecule has 2 aromatic carbocycles. The quantitative estimate of drug-likeness (QED) is 0.706. The summed E-state index contributed by atoms with van der Waals surface area (Å²) in [6, 6.07) is 13.9. The van der Waals surface area contributed by atoms with Crippen LogP contribution < -0.4 is 29.0 Å². The van der Waals surface area contributed by atoms with Crippen LogP contribution in [0, 0.1) is 0 Å². The van der Waals surface area contributed by atoms with Crippen LogP contribution in [0.1, 0.15) is 16.3 Å². The first kappa shape index (κ1) is 17.3. The highest BCUT2D eigenvalue weighted by Gasteiger charge is 2.17. The molecule has 5 rings (SSSR count). The highest BCUT2D eigenvalue weighted by molar-refractivity contribution is 6.02. The van der Waals surface area contributed by atoms with E-state index in [9.17, 15) is 4.79 Å². The van der Waals surface area contributed by atoms with Gasteiger partial charge in [0.05, 0.1) is 0 Å². The van der Waals surface area contributed by atoms with Crippen LogP contribution in [-0.2, 0) is 6.61 Å². The summed E-state index contributed by atoms with van der Waals surface area (Å²) in [4.78, 5) is 12.4. The number of carbonyl (C=O) groups is 1. The van der Waals surface area contributed by atoms with Crippen LogP contribution in [0.3, 0.4) is 0 Å². The molecular formula is C21H17NO7. The van der Waals surface area contributed by atoms with Gasteiger partial charge >= 0.3 is 0 Å². The lowest BCUT2D eigenvalue weighted by molar-refractivity contribution is 0.0992. The largest absolute Gasteiger partial charge is 0.486 e. The van der Waals surface area contributed by atoms with Gasteiger partial charge in [-0.25, -0.2) is 0 Å². The SMILES string of the molecule is O=C(Nc1ccc2c(c1)OCCO2)c1ccc(COc2ccc3c(c2)OCO3)o1. The number of fused-ring (bicyclic) bond motifs is 2. The summed E-state index contributed by atoms with van der Waals surface area (Å²) in [5.74, 6) is 3.56. The predicted molar refractivity (Wildman–Crippen MR) is 101 cm³/mol. The Labute approximate surface area is 165 Å². The second kappa shape index (κ2) is 7.31. The van der Waals surface area contributed by atoms with Crippen LogP contribution in [0.5, 0.6) is 28.7 Å². The molecule has 8 nitrogen and oxygen atoms in total. The number of nitrogens with one attached hydrogen (secondary N) is 1. The van der Waals surface area contributed by atoms with Crippen LogP contribution in [0.4, 0.5) is 5.69 Å². The lowest BCUT2D eigenvalue weighted by Crippen LogP contribution is -2.16. The van der Waals surface area contributed by atoms with Crippen LogP contribution in [0.2, 0.25) is 0 Å². The van der Waals surface area contributed by atoms with Crippen LogP contribution in [-0.4, -0.2) is 25.9 Å². The van der Waals surface area contributed by atoms with E-state index in [4.69, 9.17) is 28.1 Å². The van der Waals surface area contributed by atoms with E-state index in [1.54, 1.807) is 48.5 Å². The Hall–Kier alpha value is -3.81. The molecule has 0 atom stereocenters. The van der Waals surface area contributed by atoms with E-state index in [1.807, 2.05) is 0 Å². The smallest absolute Gasteiger partial charge is 0.291 e. The number of amides is 1. The number of ether oxygens (including phenoxy) is 5. The fourth-order valence-corrected chi connectivity index (χ4v) is 3.01. The zero-order valence-corrected chi connectivity index (χ0v) is 15.3. The molecule has 0 unspecified atom stereocenters. The number of hydrogen-bond acceptors (Lipinski definition) is 7. The van der Waals surface area contributed by atoms with Crippen LogP contribution in [0.15, 0.2) is 52.9 Å². The van der Waals surface area contributed by atoms with Crippen molar-refractivity contribution in [3.05, 3.63) is 60.1 Å². The molecular weight excluding hydrogens is 378 g/mol. The van der Waals surface area contributed by atoms with Crippen molar-refractivity contribution < 1.29 is 32.9 Å². The average molecular weight is 395 g/mol. The zero-order valence-electron chi connectivity index (χ0n) is 15.3. The average Bonchev–Trinajstić information content (AvgIpc) is 3.41. The van der Waals surface area contributed by atoms with E-state index >= 15 is 0 Å². The molecule has 0 radical (unpaired) electrons. The monoisotopic (exact) mass is 395 g/mol. The summed E-state index contributed by atoms with van der Waals surface area (Å²) in [5, 5.41) is 2.78. The third kappa shape index (κ3) is 3.64. The lowest BCUT2D eigenvalue weighted by atomic mass is 10.2. The minimum atomic E-state index is -0.365. The number of benzene rings is 2. The maximum absolute atomic E-state index is 12.4. The Morgan fingerprint density at radius 1 is 0.862 bits per heavy atom. The summed E-state index contributed by atoms with van der Waals surface area (Å²) >= 11 is 0. The molecule has 0 bridgehead atoms. The Balaban J connectivity index is 1.21. The molecule has 1 amide bonds. The molecule has 1 N–H and O–H groups in total. The highest BCUT2D eigenvalue weighted by Crippen LogP contribution is 2.35. The van der Waals surface area contributed by atoms with E-state index in [0.717, 1.165) is 0 Å². The Morgan fingerprint density at radius 3 is 2.55 bits per heavy atom. The Morgan fingerprint density at radius 2 is 1.62 bits per heavy atom. The molecule has 2 aliphatic heterocycles. The molecule has 2 aliphatic rings. The van der Waals surface area contributed by atoms with Crippen molar-refractivity contribution in [3.63, 3.8) is 0 Å². The maximum atomic E-state index is 12.4. The minimum absolute atomic E-state index is 0.178. The van der Waals surface area contributed by atoms with E-state index in [-0.39, 0.29) is 25.1 Å². The van der Waals surface area contributed by atoms with Gasteiger partial charge in [0.1, 0.15) is 31.3 Å². The van der Waals surface area contributed by atoms with E-state index in [2.05, 4.69) is 5.32 Å². The number of carbonyl (C=O) groups excluding carboxylic acids is 1. The normalized spacial score (nSPS) is 13.8. The molecule has 0 aliphatic carbocycles. The summed E-state index contributed by atoms with van der Waals surface area (Å²) in [5.41, 5.74) is 0.591. The first-order chi connectivity index (χ1) is 14.2. The minimum Gasteiger partial charge on any atom is -0.486 e. The Bertz CT molecular complexity index is 1060. The van der Waals surface area contributed by atoms with Gasteiger partial charge in [-0.15, -0.1) is 0 Å². The van der Waals surface area contributed by atoms with Gasteiger partial charge in [0.15, 0.2) is 28.8 Å². The lowest BCUT2D eigenvalue weighted by Gasteiger charge is -2.18.